The summed E-state index contributed by atoms with van der Waals surface area (Å²) in [5.74, 6) is -3.79. The molecule has 4 aliphatic rings. The third-order valence-corrected chi connectivity index (χ3v) is 22.1. The largest absolute Gasteiger partial charge is 0.324 e. The second-order valence-electron chi connectivity index (χ2n) is 31.0. The topological polar surface area (TPSA) is 322 Å². The predicted octanol–water partition coefficient (Wildman–Crippen LogP) is 18.2. The number of pyridine rings is 4. The molecule has 0 atom stereocenters. The van der Waals surface area contributed by atoms with E-state index in [-0.39, 0.29) is 57.4 Å². The molecule has 0 unspecified atom stereocenters. The number of nitrogens with one attached hydrogen (secondary N) is 9. The van der Waals surface area contributed by atoms with E-state index < -0.39 is 46.9 Å². The second-order valence-corrected chi connectivity index (χ2v) is 31.0. The van der Waals surface area contributed by atoms with E-state index in [4.69, 9.17) is 0 Å². The summed E-state index contributed by atoms with van der Waals surface area (Å²) in [6, 6.07) is 55.3. The molecule has 1 saturated carbocycles. The Morgan fingerprint density at radius 3 is 0.879 bits per heavy atom. The van der Waals surface area contributed by atoms with Crippen LogP contribution in [0.15, 0.2) is 244 Å². The third kappa shape index (κ3) is 19.5. The van der Waals surface area contributed by atoms with Crippen LogP contribution in [0, 0.1) is 29.2 Å². The van der Waals surface area contributed by atoms with E-state index in [2.05, 4.69) is 120 Å². The molecule has 8 aromatic carbocycles. The van der Waals surface area contributed by atoms with Gasteiger partial charge < -0.3 is 26.6 Å². The van der Waals surface area contributed by atoms with Crippen LogP contribution in [0.4, 0.5) is 46.0 Å². The number of nitrogens with zero attached hydrogens (tertiary/aromatic N) is 11. The van der Waals surface area contributed by atoms with E-state index in [9.17, 15) is 41.5 Å². The van der Waals surface area contributed by atoms with Crippen molar-refractivity contribution in [2.45, 2.75) is 71.0 Å². The Labute approximate surface area is 708 Å². The van der Waals surface area contributed by atoms with Crippen LogP contribution in [0.25, 0.3) is 88.1 Å². The van der Waals surface area contributed by atoms with E-state index >= 15 is 0 Å². The molecule has 124 heavy (non-hydrogen) atoms. The number of hydrogen-bond donors (Lipinski definition) is 9. The summed E-state index contributed by atoms with van der Waals surface area (Å²) in [7, 11) is 0. The van der Waals surface area contributed by atoms with Gasteiger partial charge in [-0.3, -0.25) is 79.0 Å². The minimum Gasteiger partial charge on any atom is -0.324 e. The highest BCUT2D eigenvalue weighted by molar-refractivity contribution is 6.15. The average molecular weight is 1660 g/mol. The van der Waals surface area contributed by atoms with E-state index in [1.54, 1.807) is 60.9 Å². The molecule has 1 aliphatic carbocycles. The number of piperidine rings is 1. The number of halogens is 4. The summed E-state index contributed by atoms with van der Waals surface area (Å²) >= 11 is 0. The van der Waals surface area contributed by atoms with Crippen LogP contribution in [-0.2, 0) is 24.4 Å². The van der Waals surface area contributed by atoms with Crippen molar-refractivity contribution >= 4 is 102 Å². The molecule has 0 spiro atoms. The maximum atomic E-state index is 13.9. The number of carbonyl (C=O) groups is 5. The van der Waals surface area contributed by atoms with Crippen molar-refractivity contribution in [3.63, 3.8) is 0 Å². The Balaban J connectivity index is 0.000000117. The molecular formula is C95H84F4N20O5. The van der Waals surface area contributed by atoms with Gasteiger partial charge in [-0.15, -0.1) is 0 Å². The smallest absolute Gasteiger partial charge is 0.276 e. The van der Waals surface area contributed by atoms with Gasteiger partial charge in [0.2, 0.25) is 5.91 Å². The summed E-state index contributed by atoms with van der Waals surface area (Å²) < 4.78 is 55.7. The van der Waals surface area contributed by atoms with Crippen LogP contribution >= 0.6 is 0 Å². The van der Waals surface area contributed by atoms with Gasteiger partial charge in [-0.25, -0.2) is 17.6 Å². The van der Waals surface area contributed by atoms with Crippen LogP contribution in [0.5, 0.6) is 0 Å². The summed E-state index contributed by atoms with van der Waals surface area (Å²) in [6.45, 7) is 9.47. The fourth-order valence-corrected chi connectivity index (χ4v) is 15.3. The molecule has 8 aromatic heterocycles. The van der Waals surface area contributed by atoms with Crippen LogP contribution < -0.4 is 26.6 Å². The minimum absolute atomic E-state index is 0.0105. The number of aromatic amines is 4. The fraction of sp³-hybridized carbons (Fsp3) is 0.189. The van der Waals surface area contributed by atoms with E-state index in [1.165, 1.54) is 98.2 Å². The quantitative estimate of drug-likeness (QED) is 0.0320. The van der Waals surface area contributed by atoms with Gasteiger partial charge in [-0.05, 0) is 244 Å². The maximum absolute atomic E-state index is 13.9. The van der Waals surface area contributed by atoms with Crippen LogP contribution in [-0.4, -0.2) is 144 Å². The lowest BCUT2D eigenvalue weighted by molar-refractivity contribution is -0.117. The molecule has 25 nitrogen and oxygen atoms in total. The SMILES string of the molecule is O=C(Nc1ccccc1F)c1n[nH]c2ccc(-c3cncc(CN4CCC4)c3)cc12.O=C(Nc1ccccc1F)c1n[nH]c2ccc(-c3cncc(CN4CCCC4)c3)cc12.O=C(Nc1ccccc1F)c1n[nH]c2ccc(-c3cncc(CN4CCCCC4)c3)cc12.O=C(Nc1ccccc1F)c1n[nH]c2ccc(-c3cncc(NC(=O)C4CC4)c3)cc12. The van der Waals surface area contributed by atoms with Crippen molar-refractivity contribution in [1.29, 1.82) is 0 Å². The van der Waals surface area contributed by atoms with Gasteiger partial charge in [0.25, 0.3) is 23.6 Å². The van der Waals surface area contributed by atoms with Crippen molar-refractivity contribution in [3.8, 4) is 44.5 Å². The molecule has 9 N–H and O–H groups in total. The third-order valence-electron chi connectivity index (χ3n) is 22.1. The Morgan fingerprint density at radius 1 is 0.306 bits per heavy atom. The molecule has 3 aliphatic heterocycles. The highest BCUT2D eigenvalue weighted by atomic mass is 19.1. The first-order chi connectivity index (χ1) is 60.6. The van der Waals surface area contributed by atoms with Crippen molar-refractivity contribution in [2.75, 3.05) is 65.9 Å². The molecule has 0 radical (unpaired) electrons. The Morgan fingerprint density at radius 2 is 0.589 bits per heavy atom. The van der Waals surface area contributed by atoms with E-state index in [0.29, 0.717) is 32.7 Å². The number of benzene rings is 8. The first-order valence-corrected chi connectivity index (χ1v) is 41.0. The number of hydrogen-bond acceptors (Lipinski definition) is 16. The molecule has 11 heterocycles. The molecule has 29 heteroatoms. The van der Waals surface area contributed by atoms with Gasteiger partial charge in [0, 0.05) is 113 Å². The molecular weight excluding hydrogens is 1580 g/mol. The average Bonchev–Trinajstić information content (AvgIpc) is 1.65. The number of fused-ring (bicyclic) bond motifs is 4. The fourth-order valence-electron chi connectivity index (χ4n) is 15.3. The molecule has 0 bridgehead atoms. The number of rotatable bonds is 20. The summed E-state index contributed by atoms with van der Waals surface area (Å²) in [6.07, 6.45) is 23.9. The van der Waals surface area contributed by atoms with Crippen molar-refractivity contribution < 1.29 is 41.5 Å². The molecule has 20 rings (SSSR count). The highest BCUT2D eigenvalue weighted by Gasteiger charge is 2.30. The van der Waals surface area contributed by atoms with Crippen molar-refractivity contribution in [3.05, 3.63) is 306 Å². The number of anilines is 5. The summed E-state index contributed by atoms with van der Waals surface area (Å²) in [5, 5.41) is 43.9. The summed E-state index contributed by atoms with van der Waals surface area (Å²) in [5.41, 5.74) is 15.7. The van der Waals surface area contributed by atoms with Crippen molar-refractivity contribution in [2.24, 2.45) is 5.92 Å². The van der Waals surface area contributed by atoms with Gasteiger partial charge in [-0.2, -0.15) is 20.4 Å². The van der Waals surface area contributed by atoms with Crippen LogP contribution in [0.1, 0.15) is 110 Å². The van der Waals surface area contributed by atoms with Crippen molar-refractivity contribution in [1.82, 2.24) is 75.4 Å². The normalized spacial score (nSPS) is 14.0. The monoisotopic (exact) mass is 1660 g/mol. The van der Waals surface area contributed by atoms with Crippen LogP contribution in [0.2, 0.25) is 0 Å². The maximum Gasteiger partial charge on any atom is 0.276 e. The highest BCUT2D eigenvalue weighted by Crippen LogP contribution is 2.35. The van der Waals surface area contributed by atoms with Gasteiger partial charge in [-0.1, -0.05) is 79.2 Å². The number of amides is 5. The lowest BCUT2D eigenvalue weighted by Crippen LogP contribution is -2.36. The Kier molecular flexibility index (Phi) is 24.6. The summed E-state index contributed by atoms with van der Waals surface area (Å²) in [4.78, 5) is 87.8. The lowest BCUT2D eigenvalue weighted by atomic mass is 10.0. The van der Waals surface area contributed by atoms with Gasteiger partial charge in [0.15, 0.2) is 22.8 Å². The first-order valence-electron chi connectivity index (χ1n) is 41.0. The number of para-hydroxylation sites is 4. The number of H-pyrrole nitrogens is 4. The Hall–Kier alpha value is -14.8. The molecule has 16 aromatic rings. The van der Waals surface area contributed by atoms with Gasteiger partial charge in [0.1, 0.15) is 23.3 Å². The first kappa shape index (κ1) is 81.5. The second kappa shape index (κ2) is 37.4. The Bertz CT molecular complexity index is 6630. The molecule has 622 valence electrons. The number of aromatic nitrogens is 12. The van der Waals surface area contributed by atoms with E-state index in [0.717, 1.165) is 138 Å². The standard InChI is InChI=1S/C25H24FN5O.C24H22FN5O.C23H18FN5O2.C23H20FN5O/c26-21-6-2-3-7-23(21)28-25(32)24-20-13-18(8-9-22(20)29-30-24)19-12-17(14-27-15-19)16-31-10-4-1-5-11-31;25-20-5-1-2-6-22(20)27-24(31)23-19-12-17(7-8-21(19)28-29-23)18-11-16(13-26-14-18)15-30-9-3-4-10-30;24-18-3-1-2-4-20(18)27-23(31)21-17-10-14(7-8-19(17)28-29-21)15-9-16(12-25-11-15)26-22(30)13-5-6-13;24-19-4-1-2-5-21(19)26-23(30)22-18-11-16(6-7-20(18)27-28-22)17-10-15(12-25-13-17)14-29-8-3-9-29/h2-3,6-9,12-15H,1,4-5,10-11,16H2,(H,28,32)(H,29,30);1-2,5-8,11-14H,3-4,9-10,15H2,(H,27,31)(H,28,29);1-4,7-13H,5-6H2,(H,26,30)(H,27,31)(H,28,29);1-2,4-7,10-13H,3,8-9,14H2,(H,26,30)(H,27,28). The number of carbonyl (C=O) groups excluding carboxylic acids is 5. The number of likely N-dealkylation sites (tertiary alicyclic amines) is 3. The zero-order valence-electron chi connectivity index (χ0n) is 67.2. The van der Waals surface area contributed by atoms with Crippen LogP contribution in [0.3, 0.4) is 0 Å². The lowest BCUT2D eigenvalue weighted by Gasteiger charge is -2.30. The van der Waals surface area contributed by atoms with Gasteiger partial charge >= 0.3 is 0 Å². The zero-order chi connectivity index (χ0) is 85.0. The molecule has 3 saturated heterocycles. The molecule has 4 fully saturated rings. The minimum atomic E-state index is -0.521. The molecule has 5 amide bonds. The zero-order valence-corrected chi connectivity index (χ0v) is 67.2. The van der Waals surface area contributed by atoms with E-state index in [1.807, 2.05) is 116 Å². The predicted molar refractivity (Wildman–Crippen MR) is 470 cm³/mol. The van der Waals surface area contributed by atoms with Gasteiger partial charge in [0.05, 0.1) is 56.7 Å².